The molecule has 1 unspecified atom stereocenters. The van der Waals surface area contributed by atoms with Gasteiger partial charge in [0.15, 0.2) is 0 Å². The van der Waals surface area contributed by atoms with Crippen LogP contribution in [0, 0.1) is 0 Å². The number of aromatic nitrogens is 1. The second-order valence-electron chi connectivity index (χ2n) is 6.15. The van der Waals surface area contributed by atoms with E-state index in [1.807, 2.05) is 35.2 Å². The van der Waals surface area contributed by atoms with Crippen molar-refractivity contribution in [1.29, 1.82) is 0 Å². The van der Waals surface area contributed by atoms with E-state index in [4.69, 9.17) is 0 Å². The third kappa shape index (κ3) is 3.10. The summed E-state index contributed by atoms with van der Waals surface area (Å²) < 4.78 is 0.812. The first-order valence-electron chi connectivity index (χ1n) is 8.28. The maximum Gasteiger partial charge on any atom is 0.256 e. The molecule has 1 atom stereocenters. The lowest BCUT2D eigenvalue weighted by molar-refractivity contribution is 0.0694. The number of halogens is 1. The molecular weight excluding hydrogens is 376 g/mol. The van der Waals surface area contributed by atoms with Crippen molar-refractivity contribution in [2.24, 2.45) is 0 Å². The number of fused-ring (bicyclic) bond motifs is 1. The van der Waals surface area contributed by atoms with Crippen LogP contribution >= 0.6 is 15.9 Å². The molecule has 2 aromatic carbocycles. The summed E-state index contributed by atoms with van der Waals surface area (Å²) in [5, 5.41) is 0. The maximum absolute atomic E-state index is 13.2. The van der Waals surface area contributed by atoms with Gasteiger partial charge in [0.2, 0.25) is 0 Å². The van der Waals surface area contributed by atoms with E-state index in [0.717, 1.165) is 16.5 Å². The molecule has 3 aromatic rings. The number of hydrogen-bond donors (Lipinski definition) is 0. The number of pyridine rings is 1. The summed E-state index contributed by atoms with van der Waals surface area (Å²) in [6.45, 7) is 0.696. The minimum Gasteiger partial charge on any atom is -0.327 e. The van der Waals surface area contributed by atoms with Crippen molar-refractivity contribution in [2.75, 3.05) is 6.54 Å². The average Bonchev–Trinajstić information content (AvgIpc) is 2.67. The summed E-state index contributed by atoms with van der Waals surface area (Å²) >= 11 is 3.41. The van der Waals surface area contributed by atoms with Crippen LogP contribution in [0.15, 0.2) is 77.5 Å². The number of amides is 1. The highest BCUT2D eigenvalue weighted by Gasteiger charge is 2.32. The van der Waals surface area contributed by atoms with E-state index in [9.17, 15) is 4.79 Å². The first kappa shape index (κ1) is 16.0. The molecule has 1 amide bonds. The molecule has 0 saturated carbocycles. The average molecular weight is 393 g/mol. The Balaban J connectivity index is 1.80. The maximum atomic E-state index is 13.2. The highest BCUT2D eigenvalue weighted by atomic mass is 79.9. The monoisotopic (exact) mass is 392 g/mol. The molecule has 0 N–H and O–H groups in total. The summed E-state index contributed by atoms with van der Waals surface area (Å²) in [5.41, 5.74) is 4.25. The van der Waals surface area contributed by atoms with Crippen LogP contribution < -0.4 is 0 Å². The lowest BCUT2D eigenvalue weighted by Crippen LogP contribution is -2.40. The molecule has 0 saturated heterocycles. The van der Waals surface area contributed by atoms with E-state index < -0.39 is 0 Å². The minimum absolute atomic E-state index is 0.0113. The zero-order chi connectivity index (χ0) is 17.2. The van der Waals surface area contributed by atoms with Crippen LogP contribution in [0.4, 0.5) is 0 Å². The number of carbonyl (C=O) groups excluding carboxylic acids is 1. The fourth-order valence-electron chi connectivity index (χ4n) is 3.47. The number of nitrogens with zero attached hydrogens (tertiary/aromatic N) is 2. The fourth-order valence-corrected chi connectivity index (χ4v) is 3.84. The van der Waals surface area contributed by atoms with Gasteiger partial charge in [-0.15, -0.1) is 0 Å². The number of hydrogen-bond acceptors (Lipinski definition) is 2. The van der Waals surface area contributed by atoms with Crippen molar-refractivity contribution >= 4 is 21.8 Å². The Morgan fingerprint density at radius 1 is 1.04 bits per heavy atom. The summed E-state index contributed by atoms with van der Waals surface area (Å²) in [6, 6.07) is 20.4. The van der Waals surface area contributed by atoms with Gasteiger partial charge in [-0.2, -0.15) is 0 Å². The second kappa shape index (κ2) is 6.81. The lowest BCUT2D eigenvalue weighted by Gasteiger charge is -2.37. The van der Waals surface area contributed by atoms with E-state index in [2.05, 4.69) is 51.2 Å². The molecular formula is C21H17BrN2O. The van der Waals surface area contributed by atoms with Crippen molar-refractivity contribution in [3.8, 4) is 0 Å². The molecule has 0 bridgehead atoms. The predicted octanol–water partition coefficient (Wildman–Crippen LogP) is 4.63. The van der Waals surface area contributed by atoms with Gasteiger partial charge < -0.3 is 4.90 Å². The van der Waals surface area contributed by atoms with Crippen LogP contribution in [0.1, 0.15) is 33.1 Å². The number of benzene rings is 2. The Labute approximate surface area is 155 Å². The summed E-state index contributed by atoms with van der Waals surface area (Å²) in [6.07, 6.45) is 4.19. The molecule has 1 aromatic heterocycles. The van der Waals surface area contributed by atoms with Crippen LogP contribution in [0.25, 0.3) is 0 Å². The van der Waals surface area contributed by atoms with Gasteiger partial charge in [-0.05, 0) is 45.1 Å². The Morgan fingerprint density at radius 3 is 2.60 bits per heavy atom. The molecule has 0 spiro atoms. The van der Waals surface area contributed by atoms with Crippen molar-refractivity contribution < 1.29 is 4.79 Å². The fraction of sp³-hybridized carbons (Fsp3) is 0.143. The minimum atomic E-state index is -0.0716. The Hall–Kier alpha value is -2.46. The van der Waals surface area contributed by atoms with E-state index in [1.165, 1.54) is 11.1 Å². The molecule has 2 heterocycles. The van der Waals surface area contributed by atoms with Gasteiger partial charge in [0.25, 0.3) is 5.91 Å². The molecule has 0 radical (unpaired) electrons. The SMILES string of the molecule is O=C(c1cncc(Br)c1)N1CCc2ccccc2C1c1ccccc1. The van der Waals surface area contributed by atoms with Crippen LogP contribution in [0.2, 0.25) is 0 Å². The van der Waals surface area contributed by atoms with Crippen molar-refractivity contribution in [2.45, 2.75) is 12.5 Å². The van der Waals surface area contributed by atoms with Gasteiger partial charge in [0.1, 0.15) is 0 Å². The third-order valence-electron chi connectivity index (χ3n) is 4.61. The van der Waals surface area contributed by atoms with E-state index >= 15 is 0 Å². The quantitative estimate of drug-likeness (QED) is 0.636. The number of carbonyl (C=O) groups is 1. The molecule has 4 heteroatoms. The number of rotatable bonds is 2. The van der Waals surface area contributed by atoms with Gasteiger partial charge >= 0.3 is 0 Å². The molecule has 1 aliphatic heterocycles. The molecule has 124 valence electrons. The summed E-state index contributed by atoms with van der Waals surface area (Å²) in [7, 11) is 0. The highest BCUT2D eigenvalue weighted by Crippen LogP contribution is 2.36. The van der Waals surface area contributed by atoms with Crippen molar-refractivity contribution in [3.63, 3.8) is 0 Å². The predicted molar refractivity (Wildman–Crippen MR) is 101 cm³/mol. The largest absolute Gasteiger partial charge is 0.327 e. The molecule has 25 heavy (non-hydrogen) atoms. The standard InChI is InChI=1S/C21H17BrN2O/c22-18-12-17(13-23-14-18)21(25)24-11-10-15-6-4-5-9-19(15)20(24)16-7-2-1-3-8-16/h1-9,12-14,20H,10-11H2. The molecule has 4 rings (SSSR count). The molecule has 0 fully saturated rings. The van der Waals surface area contributed by atoms with Crippen molar-refractivity contribution in [3.05, 3.63) is 99.8 Å². The van der Waals surface area contributed by atoms with Gasteiger partial charge in [0, 0.05) is 23.4 Å². The summed E-state index contributed by atoms with van der Waals surface area (Å²) in [5.74, 6) is 0.0113. The normalized spacial score (nSPS) is 16.4. The third-order valence-corrected chi connectivity index (χ3v) is 5.05. The van der Waals surface area contributed by atoms with Crippen LogP contribution in [0.5, 0.6) is 0 Å². The smallest absolute Gasteiger partial charge is 0.256 e. The van der Waals surface area contributed by atoms with Gasteiger partial charge in [-0.3, -0.25) is 9.78 Å². The lowest BCUT2D eigenvalue weighted by atomic mass is 9.88. The van der Waals surface area contributed by atoms with Crippen molar-refractivity contribution in [1.82, 2.24) is 9.88 Å². The first-order valence-corrected chi connectivity index (χ1v) is 9.07. The Bertz CT molecular complexity index is 911. The zero-order valence-electron chi connectivity index (χ0n) is 13.6. The van der Waals surface area contributed by atoms with E-state index in [1.54, 1.807) is 12.4 Å². The highest BCUT2D eigenvalue weighted by molar-refractivity contribution is 9.10. The second-order valence-corrected chi connectivity index (χ2v) is 7.07. The van der Waals surface area contributed by atoms with E-state index in [0.29, 0.717) is 12.1 Å². The van der Waals surface area contributed by atoms with Gasteiger partial charge in [0.05, 0.1) is 11.6 Å². The molecule has 1 aliphatic rings. The van der Waals surface area contributed by atoms with Gasteiger partial charge in [-0.1, -0.05) is 54.6 Å². The van der Waals surface area contributed by atoms with Crippen LogP contribution in [0.3, 0.4) is 0 Å². The Morgan fingerprint density at radius 2 is 1.80 bits per heavy atom. The summed E-state index contributed by atoms with van der Waals surface area (Å²) in [4.78, 5) is 19.3. The van der Waals surface area contributed by atoms with Crippen LogP contribution in [-0.2, 0) is 6.42 Å². The van der Waals surface area contributed by atoms with Gasteiger partial charge in [-0.25, -0.2) is 0 Å². The first-order chi connectivity index (χ1) is 12.2. The topological polar surface area (TPSA) is 33.2 Å². The molecule has 0 aliphatic carbocycles. The molecule has 3 nitrogen and oxygen atoms in total. The van der Waals surface area contributed by atoms with Crippen LogP contribution in [-0.4, -0.2) is 22.3 Å². The van der Waals surface area contributed by atoms with E-state index in [-0.39, 0.29) is 11.9 Å². The Kier molecular flexibility index (Phi) is 4.36. The zero-order valence-corrected chi connectivity index (χ0v) is 15.2.